The smallest absolute Gasteiger partial charge is 0.166 e. The molecule has 0 radical (unpaired) electrons. The number of benzene rings is 2. The fraction of sp³-hybridized carbons (Fsp3) is 0.261. The molecule has 3 N–H and O–H groups in total. The van der Waals surface area contributed by atoms with Crippen molar-refractivity contribution in [3.8, 4) is 16.9 Å². The summed E-state index contributed by atoms with van der Waals surface area (Å²) in [6.45, 7) is 4.86. The normalized spacial score (nSPS) is 16.8. The van der Waals surface area contributed by atoms with Crippen molar-refractivity contribution in [2.24, 2.45) is 0 Å². The number of nitrogen functional groups attached to an aromatic ring is 1. The Morgan fingerprint density at radius 3 is 2.80 bits per heavy atom. The van der Waals surface area contributed by atoms with Gasteiger partial charge in [-0.2, -0.15) is 0 Å². The minimum atomic E-state index is -0.615. The van der Waals surface area contributed by atoms with Gasteiger partial charge in [-0.25, -0.2) is 9.37 Å². The van der Waals surface area contributed by atoms with E-state index in [4.69, 9.17) is 33.7 Å². The van der Waals surface area contributed by atoms with Gasteiger partial charge < -0.3 is 15.8 Å². The van der Waals surface area contributed by atoms with Crippen LogP contribution >= 0.6 is 23.2 Å². The Bertz CT molecular complexity index is 1110. The van der Waals surface area contributed by atoms with Crippen molar-refractivity contribution in [3.63, 3.8) is 0 Å². The molecule has 0 bridgehead atoms. The maximum atomic E-state index is 13.9. The Kier molecular flexibility index (Phi) is 5.87. The number of rotatable bonds is 4. The zero-order chi connectivity index (χ0) is 21.4. The largest absolute Gasteiger partial charge is 0.482 e. The van der Waals surface area contributed by atoms with Gasteiger partial charge in [0.1, 0.15) is 11.9 Å². The van der Waals surface area contributed by atoms with Crippen LogP contribution in [0.5, 0.6) is 5.75 Å². The van der Waals surface area contributed by atoms with Crippen LogP contribution in [0.15, 0.2) is 42.6 Å². The third-order valence-electron chi connectivity index (χ3n) is 5.46. The number of halogens is 3. The molecule has 2 aromatic carbocycles. The van der Waals surface area contributed by atoms with Crippen LogP contribution in [0, 0.1) is 5.82 Å². The molecule has 2 atom stereocenters. The molecule has 4 nitrogen and oxygen atoms in total. The standard InChI is InChI=1S/C23H22Cl2FN3O/c1-12-17-4-3-14(9-15(17)7-8-28-12)16-10-20(23(27)29-11-16)30-13(2)21-18(24)5-6-19(26)22(21)25/h3-6,9-13,28H,7-8H2,1-2H3,(H2,27,29). The summed E-state index contributed by atoms with van der Waals surface area (Å²) in [5, 5.41) is 3.73. The molecule has 0 aliphatic carbocycles. The molecule has 3 aromatic rings. The van der Waals surface area contributed by atoms with Crippen LogP contribution in [0.3, 0.4) is 0 Å². The molecule has 30 heavy (non-hydrogen) atoms. The van der Waals surface area contributed by atoms with Gasteiger partial charge in [-0.3, -0.25) is 0 Å². The van der Waals surface area contributed by atoms with Gasteiger partial charge in [0.25, 0.3) is 0 Å². The Labute approximate surface area is 185 Å². The molecule has 0 saturated heterocycles. The second-order valence-electron chi connectivity index (χ2n) is 7.46. The molecule has 1 aliphatic heterocycles. The lowest BCUT2D eigenvalue weighted by molar-refractivity contribution is 0.227. The van der Waals surface area contributed by atoms with Crippen LogP contribution in [0.2, 0.25) is 10.0 Å². The number of hydrogen-bond donors (Lipinski definition) is 2. The average Bonchev–Trinajstić information content (AvgIpc) is 2.72. The van der Waals surface area contributed by atoms with E-state index in [2.05, 4.69) is 35.4 Å². The van der Waals surface area contributed by atoms with Crippen LogP contribution in [0.25, 0.3) is 11.1 Å². The van der Waals surface area contributed by atoms with Crippen LogP contribution in [0.4, 0.5) is 10.2 Å². The van der Waals surface area contributed by atoms with E-state index in [0.717, 1.165) is 24.1 Å². The quantitative estimate of drug-likeness (QED) is 0.474. The molecule has 0 saturated carbocycles. The zero-order valence-electron chi connectivity index (χ0n) is 16.7. The lowest BCUT2D eigenvalue weighted by Crippen LogP contribution is -2.27. The van der Waals surface area contributed by atoms with Crippen molar-refractivity contribution < 1.29 is 9.13 Å². The maximum Gasteiger partial charge on any atom is 0.166 e. The average molecular weight is 446 g/mol. The van der Waals surface area contributed by atoms with Gasteiger partial charge in [0.05, 0.1) is 5.02 Å². The highest BCUT2D eigenvalue weighted by molar-refractivity contribution is 6.36. The molecular weight excluding hydrogens is 424 g/mol. The van der Waals surface area contributed by atoms with Crippen LogP contribution in [-0.2, 0) is 6.42 Å². The first kappa shape index (κ1) is 20.9. The van der Waals surface area contributed by atoms with Crippen LogP contribution in [-0.4, -0.2) is 11.5 Å². The number of aromatic nitrogens is 1. The van der Waals surface area contributed by atoms with Crippen molar-refractivity contribution in [2.45, 2.75) is 32.4 Å². The number of hydrogen-bond acceptors (Lipinski definition) is 4. The lowest BCUT2D eigenvalue weighted by Gasteiger charge is -2.24. The minimum Gasteiger partial charge on any atom is -0.482 e. The highest BCUT2D eigenvalue weighted by atomic mass is 35.5. The summed E-state index contributed by atoms with van der Waals surface area (Å²) < 4.78 is 19.9. The SMILES string of the molecule is CC1NCCc2cc(-c3cnc(N)c(OC(C)c4c(Cl)ccc(F)c4Cl)c3)ccc21. The molecule has 4 rings (SSSR count). The summed E-state index contributed by atoms with van der Waals surface area (Å²) in [5.74, 6) is 0.0818. The van der Waals surface area contributed by atoms with E-state index < -0.39 is 11.9 Å². The number of ether oxygens (including phenoxy) is 1. The minimum absolute atomic E-state index is 0.0601. The summed E-state index contributed by atoms with van der Waals surface area (Å²) in [6.07, 6.45) is 2.09. The first-order chi connectivity index (χ1) is 14.3. The summed E-state index contributed by atoms with van der Waals surface area (Å²) in [7, 11) is 0. The van der Waals surface area contributed by atoms with E-state index in [9.17, 15) is 4.39 Å². The van der Waals surface area contributed by atoms with E-state index >= 15 is 0 Å². The Hall–Kier alpha value is -2.34. The third-order valence-corrected chi connectivity index (χ3v) is 6.17. The van der Waals surface area contributed by atoms with Gasteiger partial charge in [-0.05, 0) is 61.7 Å². The van der Waals surface area contributed by atoms with Crippen molar-refractivity contribution >= 4 is 29.0 Å². The topological polar surface area (TPSA) is 60.2 Å². The Morgan fingerprint density at radius 2 is 2.00 bits per heavy atom. The van der Waals surface area contributed by atoms with E-state index in [-0.39, 0.29) is 10.8 Å². The number of nitrogens with two attached hydrogens (primary N) is 1. The summed E-state index contributed by atoms with van der Waals surface area (Å²) in [5.41, 5.74) is 11.0. The fourth-order valence-corrected chi connectivity index (χ4v) is 4.51. The fourth-order valence-electron chi connectivity index (χ4n) is 3.83. The molecule has 7 heteroatoms. The first-order valence-electron chi connectivity index (χ1n) is 9.77. The van der Waals surface area contributed by atoms with Gasteiger partial charge in [0.15, 0.2) is 11.6 Å². The molecule has 156 valence electrons. The Morgan fingerprint density at radius 1 is 1.20 bits per heavy atom. The highest BCUT2D eigenvalue weighted by Gasteiger charge is 2.21. The van der Waals surface area contributed by atoms with Gasteiger partial charge in [0, 0.05) is 28.4 Å². The second kappa shape index (κ2) is 8.42. The van der Waals surface area contributed by atoms with Gasteiger partial charge in [-0.15, -0.1) is 0 Å². The first-order valence-corrected chi connectivity index (χ1v) is 10.5. The lowest BCUT2D eigenvalue weighted by atomic mass is 9.92. The molecule has 0 amide bonds. The van der Waals surface area contributed by atoms with Crippen molar-refractivity contribution in [1.29, 1.82) is 0 Å². The molecule has 1 aromatic heterocycles. The second-order valence-corrected chi connectivity index (χ2v) is 8.25. The monoisotopic (exact) mass is 445 g/mol. The number of fused-ring (bicyclic) bond motifs is 1. The summed E-state index contributed by atoms with van der Waals surface area (Å²) in [4.78, 5) is 4.29. The number of anilines is 1. The number of pyridine rings is 1. The number of nitrogens with zero attached hydrogens (tertiary/aromatic N) is 1. The predicted molar refractivity (Wildman–Crippen MR) is 120 cm³/mol. The molecule has 0 spiro atoms. The maximum absolute atomic E-state index is 13.9. The van der Waals surface area contributed by atoms with E-state index in [1.54, 1.807) is 13.1 Å². The third kappa shape index (κ3) is 3.97. The predicted octanol–water partition coefficient (Wildman–Crippen LogP) is 6.12. The molecular formula is C23H22Cl2FN3O. The van der Waals surface area contributed by atoms with E-state index in [0.29, 0.717) is 22.4 Å². The summed E-state index contributed by atoms with van der Waals surface area (Å²) >= 11 is 12.3. The molecule has 2 unspecified atom stereocenters. The number of nitrogens with one attached hydrogen (secondary N) is 1. The Balaban J connectivity index is 1.66. The molecule has 0 fully saturated rings. The molecule has 2 heterocycles. The van der Waals surface area contributed by atoms with Gasteiger partial charge >= 0.3 is 0 Å². The highest BCUT2D eigenvalue weighted by Crippen LogP contribution is 2.37. The molecule has 1 aliphatic rings. The van der Waals surface area contributed by atoms with E-state index in [1.807, 2.05) is 6.07 Å². The van der Waals surface area contributed by atoms with Gasteiger partial charge in [0.2, 0.25) is 0 Å². The van der Waals surface area contributed by atoms with Crippen LogP contribution in [0.1, 0.15) is 42.7 Å². The zero-order valence-corrected chi connectivity index (χ0v) is 18.2. The summed E-state index contributed by atoms with van der Waals surface area (Å²) in [6, 6.07) is 11.3. The van der Waals surface area contributed by atoms with Gasteiger partial charge in [-0.1, -0.05) is 41.4 Å². The van der Waals surface area contributed by atoms with E-state index in [1.165, 1.54) is 23.3 Å². The van der Waals surface area contributed by atoms with Crippen molar-refractivity contribution in [2.75, 3.05) is 12.3 Å². The van der Waals surface area contributed by atoms with Crippen molar-refractivity contribution in [3.05, 3.63) is 75.1 Å². The van der Waals surface area contributed by atoms with Crippen molar-refractivity contribution in [1.82, 2.24) is 10.3 Å². The van der Waals surface area contributed by atoms with Crippen LogP contribution < -0.4 is 15.8 Å².